The van der Waals surface area contributed by atoms with Gasteiger partial charge in [-0.3, -0.25) is 9.48 Å². The molecule has 0 N–H and O–H groups in total. The molecule has 0 spiro atoms. The first kappa shape index (κ1) is 15.4. The highest BCUT2D eigenvalue weighted by Crippen LogP contribution is 2.29. The van der Waals surface area contributed by atoms with E-state index in [1.807, 2.05) is 44.3 Å². The third kappa shape index (κ3) is 3.16. The average molecular weight is 315 g/mol. The SMILES string of the molecule is COc1ccccc1OC1CN(C(=O)[C@H](C)n2cc(C)cn2)C1. The lowest BCUT2D eigenvalue weighted by atomic mass is 10.1. The number of nitrogens with zero attached hydrogens (tertiary/aromatic N) is 3. The summed E-state index contributed by atoms with van der Waals surface area (Å²) in [6.07, 6.45) is 3.64. The third-order valence-corrected chi connectivity index (χ3v) is 4.01. The van der Waals surface area contributed by atoms with Crippen LogP contribution in [0.1, 0.15) is 18.5 Å². The van der Waals surface area contributed by atoms with Crippen molar-refractivity contribution in [2.45, 2.75) is 26.0 Å². The van der Waals surface area contributed by atoms with Crippen molar-refractivity contribution in [3.8, 4) is 11.5 Å². The zero-order valence-electron chi connectivity index (χ0n) is 13.6. The Hall–Kier alpha value is -2.50. The number of para-hydroxylation sites is 2. The lowest BCUT2D eigenvalue weighted by Crippen LogP contribution is -2.57. The van der Waals surface area contributed by atoms with Crippen LogP contribution in [0.4, 0.5) is 0 Å². The zero-order valence-corrected chi connectivity index (χ0v) is 13.6. The molecule has 2 aromatic rings. The summed E-state index contributed by atoms with van der Waals surface area (Å²) >= 11 is 0. The molecule has 0 bridgehead atoms. The number of benzene rings is 1. The van der Waals surface area contributed by atoms with Gasteiger partial charge in [-0.2, -0.15) is 5.10 Å². The number of carbonyl (C=O) groups is 1. The van der Waals surface area contributed by atoms with E-state index in [4.69, 9.17) is 9.47 Å². The van der Waals surface area contributed by atoms with Crippen molar-refractivity contribution in [3.63, 3.8) is 0 Å². The van der Waals surface area contributed by atoms with Crippen LogP contribution in [-0.4, -0.2) is 46.9 Å². The molecular formula is C17H21N3O3. The van der Waals surface area contributed by atoms with E-state index in [1.165, 1.54) is 0 Å². The highest BCUT2D eigenvalue weighted by Gasteiger charge is 2.35. The number of aromatic nitrogens is 2. The Labute approximate surface area is 135 Å². The smallest absolute Gasteiger partial charge is 0.247 e. The molecule has 1 fully saturated rings. The molecule has 2 heterocycles. The van der Waals surface area contributed by atoms with Gasteiger partial charge >= 0.3 is 0 Å². The van der Waals surface area contributed by atoms with Crippen LogP contribution >= 0.6 is 0 Å². The van der Waals surface area contributed by atoms with E-state index >= 15 is 0 Å². The topological polar surface area (TPSA) is 56.6 Å². The van der Waals surface area contributed by atoms with Crippen LogP contribution in [0.25, 0.3) is 0 Å². The summed E-state index contributed by atoms with van der Waals surface area (Å²) < 4.78 is 12.9. The molecule has 1 aliphatic rings. The van der Waals surface area contributed by atoms with Crippen LogP contribution in [0.15, 0.2) is 36.7 Å². The van der Waals surface area contributed by atoms with Crippen LogP contribution in [0.5, 0.6) is 11.5 Å². The minimum atomic E-state index is -0.295. The molecule has 1 aliphatic heterocycles. The number of rotatable bonds is 5. The highest BCUT2D eigenvalue weighted by atomic mass is 16.5. The lowest BCUT2D eigenvalue weighted by Gasteiger charge is -2.40. The molecule has 3 rings (SSSR count). The van der Waals surface area contributed by atoms with E-state index in [9.17, 15) is 4.79 Å². The summed E-state index contributed by atoms with van der Waals surface area (Å²) in [7, 11) is 1.62. The Kier molecular flexibility index (Phi) is 4.23. The summed E-state index contributed by atoms with van der Waals surface area (Å²) in [5.41, 5.74) is 1.05. The second-order valence-electron chi connectivity index (χ2n) is 5.81. The normalized spacial score (nSPS) is 15.9. The van der Waals surface area contributed by atoms with E-state index in [1.54, 1.807) is 22.9 Å². The zero-order chi connectivity index (χ0) is 16.4. The number of methoxy groups -OCH3 is 1. The summed E-state index contributed by atoms with van der Waals surface area (Å²) in [4.78, 5) is 14.2. The Morgan fingerprint density at radius 2 is 2.00 bits per heavy atom. The van der Waals surface area contributed by atoms with Crippen LogP contribution in [0, 0.1) is 6.92 Å². The predicted octanol–water partition coefficient (Wildman–Crippen LogP) is 2.05. The van der Waals surface area contributed by atoms with E-state index in [0.29, 0.717) is 24.6 Å². The molecule has 0 radical (unpaired) electrons. The van der Waals surface area contributed by atoms with Gasteiger partial charge in [0.15, 0.2) is 11.5 Å². The first-order chi connectivity index (χ1) is 11.1. The quantitative estimate of drug-likeness (QED) is 0.847. The average Bonchev–Trinajstić information content (AvgIpc) is 2.96. The molecule has 0 saturated carbocycles. The van der Waals surface area contributed by atoms with Crippen LogP contribution in [0.2, 0.25) is 0 Å². The molecule has 122 valence electrons. The maximum Gasteiger partial charge on any atom is 0.247 e. The molecule has 1 amide bonds. The van der Waals surface area contributed by atoms with Crippen molar-refractivity contribution in [1.82, 2.24) is 14.7 Å². The van der Waals surface area contributed by atoms with Crippen molar-refractivity contribution in [3.05, 3.63) is 42.2 Å². The summed E-state index contributed by atoms with van der Waals surface area (Å²) in [5, 5.41) is 4.21. The molecule has 23 heavy (non-hydrogen) atoms. The Bertz CT molecular complexity index is 692. The van der Waals surface area contributed by atoms with E-state index < -0.39 is 0 Å². The number of ether oxygens (including phenoxy) is 2. The monoisotopic (exact) mass is 315 g/mol. The van der Waals surface area contributed by atoms with Crippen LogP contribution < -0.4 is 9.47 Å². The molecule has 0 unspecified atom stereocenters. The van der Waals surface area contributed by atoms with Crippen molar-refractivity contribution < 1.29 is 14.3 Å². The number of carbonyl (C=O) groups excluding carboxylic acids is 1. The van der Waals surface area contributed by atoms with Gasteiger partial charge in [-0.25, -0.2) is 0 Å². The summed E-state index contributed by atoms with van der Waals surface area (Å²) in [6, 6.07) is 7.24. The minimum Gasteiger partial charge on any atom is -0.493 e. The summed E-state index contributed by atoms with van der Waals surface area (Å²) in [6.45, 7) is 4.99. The number of aryl methyl sites for hydroxylation is 1. The molecular weight excluding hydrogens is 294 g/mol. The second-order valence-corrected chi connectivity index (χ2v) is 5.81. The fraction of sp³-hybridized carbons (Fsp3) is 0.412. The molecule has 1 saturated heterocycles. The molecule has 1 atom stereocenters. The predicted molar refractivity (Wildman–Crippen MR) is 85.7 cm³/mol. The Morgan fingerprint density at radius 1 is 1.30 bits per heavy atom. The standard InChI is InChI=1S/C17H21N3O3/c1-12-8-18-20(9-12)13(2)17(21)19-10-14(11-19)23-16-7-5-4-6-15(16)22-3/h4-9,13-14H,10-11H2,1-3H3/t13-/m0/s1. The first-order valence-corrected chi connectivity index (χ1v) is 7.67. The fourth-order valence-corrected chi connectivity index (χ4v) is 2.61. The van der Waals surface area contributed by atoms with Crippen molar-refractivity contribution >= 4 is 5.91 Å². The van der Waals surface area contributed by atoms with Gasteiger partial charge in [0, 0.05) is 6.20 Å². The van der Waals surface area contributed by atoms with E-state index in [-0.39, 0.29) is 18.1 Å². The Balaban J connectivity index is 1.55. The van der Waals surface area contributed by atoms with Crippen molar-refractivity contribution in [2.24, 2.45) is 0 Å². The number of hydrogen-bond acceptors (Lipinski definition) is 4. The van der Waals surface area contributed by atoms with Gasteiger partial charge in [-0.1, -0.05) is 12.1 Å². The lowest BCUT2D eigenvalue weighted by molar-refractivity contribution is -0.143. The van der Waals surface area contributed by atoms with Crippen LogP contribution in [0.3, 0.4) is 0 Å². The molecule has 6 nitrogen and oxygen atoms in total. The maximum absolute atomic E-state index is 12.4. The molecule has 6 heteroatoms. The highest BCUT2D eigenvalue weighted by molar-refractivity contribution is 5.80. The molecule has 1 aromatic heterocycles. The van der Waals surface area contributed by atoms with Gasteiger partial charge in [0.25, 0.3) is 0 Å². The van der Waals surface area contributed by atoms with Crippen LogP contribution in [-0.2, 0) is 4.79 Å². The van der Waals surface area contributed by atoms with Gasteiger partial charge in [0.05, 0.1) is 26.4 Å². The van der Waals surface area contributed by atoms with Crippen molar-refractivity contribution in [1.29, 1.82) is 0 Å². The summed E-state index contributed by atoms with van der Waals surface area (Å²) in [5.74, 6) is 1.48. The van der Waals surface area contributed by atoms with Crippen molar-refractivity contribution in [2.75, 3.05) is 20.2 Å². The molecule has 1 aromatic carbocycles. The minimum absolute atomic E-state index is 0.00167. The van der Waals surface area contributed by atoms with Gasteiger partial charge in [0.1, 0.15) is 12.1 Å². The van der Waals surface area contributed by atoms with Gasteiger partial charge in [-0.05, 0) is 31.5 Å². The van der Waals surface area contributed by atoms with E-state index in [0.717, 1.165) is 5.56 Å². The largest absolute Gasteiger partial charge is 0.493 e. The van der Waals surface area contributed by atoms with Gasteiger partial charge in [-0.15, -0.1) is 0 Å². The number of hydrogen-bond donors (Lipinski definition) is 0. The third-order valence-electron chi connectivity index (χ3n) is 4.01. The Morgan fingerprint density at radius 3 is 2.61 bits per heavy atom. The maximum atomic E-state index is 12.4. The number of likely N-dealkylation sites (tertiary alicyclic amines) is 1. The fourth-order valence-electron chi connectivity index (χ4n) is 2.61. The van der Waals surface area contributed by atoms with E-state index in [2.05, 4.69) is 5.10 Å². The van der Waals surface area contributed by atoms with Gasteiger partial charge in [0.2, 0.25) is 5.91 Å². The molecule has 0 aliphatic carbocycles. The van der Waals surface area contributed by atoms with Gasteiger partial charge < -0.3 is 14.4 Å². The first-order valence-electron chi connectivity index (χ1n) is 7.67. The second kappa shape index (κ2) is 6.32. The number of amides is 1.